The van der Waals surface area contributed by atoms with Crippen molar-refractivity contribution in [3.05, 3.63) is 18.6 Å². The number of nitrogens with two attached hydrogens (primary N) is 1. The molecule has 0 aromatic carbocycles. The van der Waals surface area contributed by atoms with Crippen LogP contribution in [0, 0.1) is 5.92 Å². The normalized spacial score (nSPS) is 19.1. The van der Waals surface area contributed by atoms with Gasteiger partial charge in [-0.3, -0.25) is 9.78 Å². The first-order chi connectivity index (χ1) is 7.63. The molecule has 0 aliphatic heterocycles. The average molecular weight is 239 g/mol. The van der Waals surface area contributed by atoms with Crippen molar-refractivity contribution < 1.29 is 9.90 Å². The molecule has 1 fully saturated rings. The van der Waals surface area contributed by atoms with Gasteiger partial charge in [-0.1, -0.05) is 0 Å². The van der Waals surface area contributed by atoms with Gasteiger partial charge in [0.2, 0.25) is 0 Å². The predicted molar refractivity (Wildman–Crippen MR) is 60.0 cm³/mol. The van der Waals surface area contributed by atoms with Crippen molar-refractivity contribution in [3.63, 3.8) is 0 Å². The lowest BCUT2D eigenvalue weighted by atomic mass is 9.98. The van der Waals surface area contributed by atoms with Crippen LogP contribution in [0.3, 0.4) is 0 Å². The van der Waals surface area contributed by atoms with Crippen LogP contribution in [0.5, 0.6) is 0 Å². The van der Waals surface area contributed by atoms with Gasteiger partial charge >= 0.3 is 5.97 Å². The summed E-state index contributed by atoms with van der Waals surface area (Å²) in [6.07, 6.45) is 6.59. The van der Waals surface area contributed by atoms with E-state index in [0.29, 0.717) is 10.8 Å². The highest BCUT2D eigenvalue weighted by molar-refractivity contribution is 7.99. The van der Waals surface area contributed by atoms with E-state index in [1.54, 1.807) is 18.6 Å². The van der Waals surface area contributed by atoms with E-state index in [1.165, 1.54) is 11.8 Å². The maximum Gasteiger partial charge on any atom is 0.324 e. The molecule has 1 atom stereocenters. The predicted octanol–water partition coefficient (Wildman–Crippen LogP) is 0.761. The fourth-order valence-corrected chi connectivity index (χ4v) is 2.52. The molecule has 6 heteroatoms. The van der Waals surface area contributed by atoms with Crippen LogP contribution in [-0.2, 0) is 4.79 Å². The Morgan fingerprint density at radius 3 is 2.88 bits per heavy atom. The molecule has 1 heterocycles. The van der Waals surface area contributed by atoms with E-state index >= 15 is 0 Å². The van der Waals surface area contributed by atoms with Crippen molar-refractivity contribution in [1.82, 2.24) is 9.97 Å². The highest BCUT2D eigenvalue weighted by Gasteiger charge is 2.48. The molecule has 5 nitrogen and oxygen atoms in total. The summed E-state index contributed by atoms with van der Waals surface area (Å²) in [5.74, 6) is -0.480. The van der Waals surface area contributed by atoms with E-state index in [9.17, 15) is 4.79 Å². The standard InChI is InChI=1S/C10H13N3O2S/c11-10(9(14)15,7-1-2-7)6-16-8-5-12-3-4-13-8/h3-5,7H,1-2,6,11H2,(H,14,15). The maximum atomic E-state index is 11.1. The number of thioether (sulfide) groups is 1. The van der Waals surface area contributed by atoms with Crippen molar-refractivity contribution >= 4 is 17.7 Å². The van der Waals surface area contributed by atoms with Crippen LogP contribution >= 0.6 is 11.8 Å². The summed E-state index contributed by atoms with van der Waals surface area (Å²) in [7, 11) is 0. The summed E-state index contributed by atoms with van der Waals surface area (Å²) >= 11 is 1.34. The molecule has 1 aromatic rings. The zero-order chi connectivity index (χ0) is 11.6. The lowest BCUT2D eigenvalue weighted by Gasteiger charge is -2.23. The molecule has 0 spiro atoms. The lowest BCUT2D eigenvalue weighted by molar-refractivity contribution is -0.143. The van der Waals surface area contributed by atoms with Crippen LogP contribution in [0.1, 0.15) is 12.8 Å². The third-order valence-electron chi connectivity index (χ3n) is 2.70. The monoisotopic (exact) mass is 239 g/mol. The van der Waals surface area contributed by atoms with Crippen molar-refractivity contribution in [2.75, 3.05) is 5.75 Å². The van der Waals surface area contributed by atoms with Crippen LogP contribution in [0.15, 0.2) is 23.6 Å². The Balaban J connectivity index is 2.00. The zero-order valence-electron chi connectivity index (χ0n) is 8.67. The Morgan fingerprint density at radius 2 is 2.38 bits per heavy atom. The fourth-order valence-electron chi connectivity index (χ4n) is 1.51. The average Bonchev–Trinajstić information content (AvgIpc) is 3.11. The molecule has 1 aromatic heterocycles. The smallest absolute Gasteiger partial charge is 0.324 e. The van der Waals surface area contributed by atoms with Gasteiger partial charge in [0.1, 0.15) is 10.6 Å². The molecule has 0 saturated heterocycles. The Kier molecular flexibility index (Phi) is 3.11. The molecule has 1 aliphatic rings. The lowest BCUT2D eigenvalue weighted by Crippen LogP contribution is -2.52. The first-order valence-corrected chi connectivity index (χ1v) is 6.02. The molecule has 1 saturated carbocycles. The Morgan fingerprint density at radius 1 is 1.62 bits per heavy atom. The van der Waals surface area contributed by atoms with Crippen LogP contribution in [0.2, 0.25) is 0 Å². The molecular formula is C10H13N3O2S. The topological polar surface area (TPSA) is 89.1 Å². The van der Waals surface area contributed by atoms with Gasteiger partial charge in [0.15, 0.2) is 0 Å². The van der Waals surface area contributed by atoms with Crippen molar-refractivity contribution in [1.29, 1.82) is 0 Å². The van der Waals surface area contributed by atoms with Crippen LogP contribution in [0.4, 0.5) is 0 Å². The number of aliphatic carboxylic acids is 1. The second kappa shape index (κ2) is 4.39. The van der Waals surface area contributed by atoms with Gasteiger partial charge in [-0.15, -0.1) is 11.8 Å². The molecular weight excluding hydrogens is 226 g/mol. The molecule has 0 amide bonds. The van der Waals surface area contributed by atoms with E-state index in [4.69, 9.17) is 10.8 Å². The largest absolute Gasteiger partial charge is 0.480 e. The highest BCUT2D eigenvalue weighted by Crippen LogP contribution is 2.40. The Labute approximate surface area is 97.5 Å². The number of carboxylic acids is 1. The van der Waals surface area contributed by atoms with Crippen molar-refractivity contribution in [3.8, 4) is 0 Å². The summed E-state index contributed by atoms with van der Waals surface area (Å²) in [6, 6.07) is 0. The summed E-state index contributed by atoms with van der Waals surface area (Å²) < 4.78 is 0. The van der Waals surface area contributed by atoms with E-state index < -0.39 is 11.5 Å². The third-order valence-corrected chi connectivity index (χ3v) is 3.83. The molecule has 3 N–H and O–H groups in total. The molecule has 0 bridgehead atoms. The third kappa shape index (κ3) is 2.33. The quantitative estimate of drug-likeness (QED) is 0.737. The molecule has 1 aliphatic carbocycles. The first-order valence-electron chi connectivity index (χ1n) is 5.04. The van der Waals surface area contributed by atoms with Gasteiger partial charge < -0.3 is 10.8 Å². The molecule has 0 radical (unpaired) electrons. The minimum absolute atomic E-state index is 0.106. The molecule has 1 unspecified atom stereocenters. The van der Waals surface area contributed by atoms with Gasteiger partial charge in [0, 0.05) is 18.1 Å². The van der Waals surface area contributed by atoms with E-state index in [2.05, 4.69) is 9.97 Å². The van der Waals surface area contributed by atoms with E-state index in [1.807, 2.05) is 0 Å². The van der Waals surface area contributed by atoms with Gasteiger partial charge in [-0.25, -0.2) is 4.98 Å². The number of rotatable bonds is 5. The summed E-state index contributed by atoms with van der Waals surface area (Å²) in [5, 5.41) is 9.85. The summed E-state index contributed by atoms with van der Waals surface area (Å²) in [5.41, 5.74) is 4.80. The van der Waals surface area contributed by atoms with Crippen molar-refractivity contribution in [2.45, 2.75) is 23.4 Å². The van der Waals surface area contributed by atoms with Crippen LogP contribution in [-0.4, -0.2) is 32.3 Å². The number of nitrogens with zero attached hydrogens (tertiary/aromatic N) is 2. The van der Waals surface area contributed by atoms with Gasteiger partial charge in [-0.05, 0) is 18.8 Å². The second-order valence-corrected chi connectivity index (χ2v) is 4.95. The fraction of sp³-hybridized carbons (Fsp3) is 0.500. The van der Waals surface area contributed by atoms with Gasteiger partial charge in [0.25, 0.3) is 0 Å². The second-order valence-electron chi connectivity index (χ2n) is 3.95. The first kappa shape index (κ1) is 11.3. The number of hydrogen-bond donors (Lipinski definition) is 2. The minimum atomic E-state index is -1.12. The summed E-state index contributed by atoms with van der Waals surface area (Å²) in [4.78, 5) is 19.1. The molecule has 2 rings (SSSR count). The number of aromatic nitrogens is 2. The van der Waals surface area contributed by atoms with Gasteiger partial charge in [0.05, 0.1) is 6.20 Å². The zero-order valence-corrected chi connectivity index (χ0v) is 9.48. The number of carbonyl (C=O) groups is 1. The number of carboxylic acid groups (broad SMARTS) is 1. The summed E-state index contributed by atoms with van der Waals surface area (Å²) in [6.45, 7) is 0. The Hall–Kier alpha value is -1.14. The van der Waals surface area contributed by atoms with E-state index in [0.717, 1.165) is 12.8 Å². The molecule has 86 valence electrons. The van der Waals surface area contributed by atoms with Crippen LogP contribution in [0.25, 0.3) is 0 Å². The van der Waals surface area contributed by atoms with Crippen LogP contribution < -0.4 is 5.73 Å². The maximum absolute atomic E-state index is 11.1. The molecule has 16 heavy (non-hydrogen) atoms. The van der Waals surface area contributed by atoms with Gasteiger partial charge in [-0.2, -0.15) is 0 Å². The van der Waals surface area contributed by atoms with E-state index in [-0.39, 0.29) is 5.92 Å². The van der Waals surface area contributed by atoms with Crippen molar-refractivity contribution in [2.24, 2.45) is 11.7 Å². The highest BCUT2D eigenvalue weighted by atomic mass is 32.2. The number of hydrogen-bond acceptors (Lipinski definition) is 5. The minimum Gasteiger partial charge on any atom is -0.480 e. The SMILES string of the molecule is NC(CSc1cnccn1)(C(=O)O)C1CC1. The Bertz CT molecular complexity index is 383.